The second-order valence-electron chi connectivity index (χ2n) is 9.50. The van der Waals surface area contributed by atoms with E-state index >= 15 is 0 Å². The van der Waals surface area contributed by atoms with Gasteiger partial charge >= 0.3 is 6.16 Å². The summed E-state index contributed by atoms with van der Waals surface area (Å²) in [6.07, 6.45) is 4.31. The Morgan fingerprint density at radius 3 is 2.58 bits per heavy atom. The molecule has 1 fully saturated rings. The van der Waals surface area contributed by atoms with Gasteiger partial charge in [-0.1, -0.05) is 48.9 Å². The highest BCUT2D eigenvalue weighted by molar-refractivity contribution is 6.32. The number of rotatable bonds is 9. The average Bonchev–Trinajstić information content (AvgIpc) is 2.94. The molecular weight excluding hydrogens is 504 g/mol. The highest BCUT2D eigenvalue weighted by Crippen LogP contribution is 2.30. The van der Waals surface area contributed by atoms with Crippen LogP contribution in [0.5, 0.6) is 5.75 Å². The molecule has 0 spiro atoms. The zero-order chi connectivity index (χ0) is 26.9. The summed E-state index contributed by atoms with van der Waals surface area (Å²) in [5.41, 5.74) is 4.22. The lowest BCUT2D eigenvalue weighted by Crippen LogP contribution is -2.39. The van der Waals surface area contributed by atoms with Crippen LogP contribution in [0, 0.1) is 5.92 Å². The molecule has 2 heterocycles. The Balaban J connectivity index is 1.26. The highest BCUT2D eigenvalue weighted by atomic mass is 35.5. The molecule has 1 N–H and O–H groups in total. The smallest absolute Gasteiger partial charge is 0.492 e. The number of nitrogens with one attached hydrogen (secondary N) is 1. The molecule has 1 amide bonds. The van der Waals surface area contributed by atoms with Crippen LogP contribution in [0.4, 0.5) is 4.79 Å². The molecule has 8 heteroatoms. The number of carbonyl (C=O) groups is 2. The molecule has 0 saturated carbocycles. The van der Waals surface area contributed by atoms with Crippen LogP contribution in [-0.4, -0.2) is 56.4 Å². The van der Waals surface area contributed by atoms with Crippen molar-refractivity contribution in [3.8, 4) is 5.75 Å². The number of benzene rings is 2. The molecule has 0 radical (unpaired) electrons. The molecule has 38 heavy (non-hydrogen) atoms. The predicted molar refractivity (Wildman–Crippen MR) is 148 cm³/mol. The molecule has 0 atom stereocenters. The van der Waals surface area contributed by atoms with Gasteiger partial charge in [-0.3, -0.25) is 9.69 Å². The van der Waals surface area contributed by atoms with E-state index in [1.165, 1.54) is 28.8 Å². The van der Waals surface area contributed by atoms with E-state index in [1.54, 1.807) is 13.0 Å². The number of likely N-dealkylation sites (tertiary alicyclic amines) is 1. The summed E-state index contributed by atoms with van der Waals surface area (Å²) in [5.74, 6) is 1.27. The third-order valence-corrected chi connectivity index (χ3v) is 7.23. The van der Waals surface area contributed by atoms with Crippen LogP contribution in [0.15, 0.2) is 65.9 Å². The number of hydrogen-bond acceptors (Lipinski definition) is 6. The van der Waals surface area contributed by atoms with Gasteiger partial charge in [-0.2, -0.15) is 0 Å². The molecule has 7 nitrogen and oxygen atoms in total. The van der Waals surface area contributed by atoms with Crippen LogP contribution >= 0.6 is 11.6 Å². The fourth-order valence-corrected chi connectivity index (χ4v) is 4.88. The Morgan fingerprint density at radius 1 is 1.11 bits per heavy atom. The first kappa shape index (κ1) is 27.7. The Bertz CT molecular complexity index is 1190. The average molecular weight is 539 g/mol. The Morgan fingerprint density at radius 2 is 1.87 bits per heavy atom. The molecule has 2 aliphatic heterocycles. The lowest BCUT2D eigenvalue weighted by atomic mass is 9.95. The van der Waals surface area contributed by atoms with Crippen LogP contribution in [0.3, 0.4) is 0 Å². The number of piperidine rings is 1. The standard InChI is InChI=1S/C30H35ClN2O5/c1-3-22-20-37-25(17-26(22)23-8-6-5-7-9-23)19-33-14-12-21(13-15-33)18-32-29(34)24-10-11-27(31)28(16-24)38-30(35)36-4-2/h5-11,16-17,21H,3-4,12-15,18-20H2,1-2H3,(H,32,34). The Kier molecular flexibility index (Phi) is 9.85. The summed E-state index contributed by atoms with van der Waals surface area (Å²) in [6, 6.07) is 15.1. The third-order valence-electron chi connectivity index (χ3n) is 6.92. The van der Waals surface area contributed by atoms with E-state index in [1.807, 2.05) is 6.07 Å². The minimum absolute atomic E-state index is 0.0987. The maximum absolute atomic E-state index is 12.7. The zero-order valence-electron chi connectivity index (χ0n) is 22.0. The van der Waals surface area contributed by atoms with Crippen molar-refractivity contribution >= 4 is 29.2 Å². The van der Waals surface area contributed by atoms with E-state index in [-0.39, 0.29) is 23.3 Å². The summed E-state index contributed by atoms with van der Waals surface area (Å²) in [6.45, 7) is 7.96. The minimum Gasteiger partial charge on any atom is -0.492 e. The summed E-state index contributed by atoms with van der Waals surface area (Å²) in [5, 5.41) is 3.24. The van der Waals surface area contributed by atoms with Crippen LogP contribution in [-0.2, 0) is 9.47 Å². The quantitative estimate of drug-likeness (QED) is 0.307. The normalized spacial score (nSPS) is 16.4. The number of amides is 1. The predicted octanol–water partition coefficient (Wildman–Crippen LogP) is 6.10. The van der Waals surface area contributed by atoms with E-state index in [9.17, 15) is 9.59 Å². The van der Waals surface area contributed by atoms with E-state index in [2.05, 4.69) is 47.5 Å². The van der Waals surface area contributed by atoms with Gasteiger partial charge in [-0.25, -0.2) is 4.79 Å². The van der Waals surface area contributed by atoms with E-state index in [0.717, 1.165) is 44.7 Å². The van der Waals surface area contributed by atoms with Gasteiger partial charge in [0.1, 0.15) is 12.4 Å². The minimum atomic E-state index is -0.855. The molecule has 2 aliphatic rings. The number of nitrogens with zero attached hydrogens (tertiary/aromatic N) is 1. The number of hydrogen-bond donors (Lipinski definition) is 1. The second-order valence-corrected chi connectivity index (χ2v) is 9.90. The lowest BCUT2D eigenvalue weighted by molar-refractivity contribution is 0.0929. The van der Waals surface area contributed by atoms with Crippen molar-refractivity contribution in [3.05, 3.63) is 82.1 Å². The summed E-state index contributed by atoms with van der Waals surface area (Å²) < 4.78 is 16.0. The van der Waals surface area contributed by atoms with Gasteiger partial charge in [0.25, 0.3) is 5.91 Å². The summed E-state index contributed by atoms with van der Waals surface area (Å²) in [4.78, 5) is 26.8. The van der Waals surface area contributed by atoms with Gasteiger partial charge in [-0.05, 0) is 86.2 Å². The van der Waals surface area contributed by atoms with E-state index in [0.29, 0.717) is 24.6 Å². The molecule has 0 unspecified atom stereocenters. The lowest BCUT2D eigenvalue weighted by Gasteiger charge is -2.33. The van der Waals surface area contributed by atoms with E-state index in [4.69, 9.17) is 25.8 Å². The van der Waals surface area contributed by atoms with Crippen molar-refractivity contribution in [3.63, 3.8) is 0 Å². The SMILES string of the molecule is CCOC(=O)Oc1cc(C(=O)NCC2CCN(CC3=CC(c4ccccc4)=C(CC)CO3)CC2)ccc1Cl. The molecule has 0 bridgehead atoms. The first-order chi connectivity index (χ1) is 18.5. The van der Waals surface area contributed by atoms with Crippen LogP contribution in [0.1, 0.15) is 49.0 Å². The molecule has 0 aromatic heterocycles. The molecule has 2 aromatic rings. The topological polar surface area (TPSA) is 77.1 Å². The molecule has 1 saturated heterocycles. The van der Waals surface area contributed by atoms with Gasteiger partial charge in [-0.15, -0.1) is 0 Å². The van der Waals surface area contributed by atoms with Gasteiger partial charge in [0, 0.05) is 12.1 Å². The first-order valence-corrected chi connectivity index (χ1v) is 13.6. The van der Waals surface area contributed by atoms with Crippen molar-refractivity contribution in [2.75, 3.05) is 39.4 Å². The Labute approximate surface area is 229 Å². The maximum Gasteiger partial charge on any atom is 0.513 e. The van der Waals surface area contributed by atoms with Gasteiger partial charge in [0.15, 0.2) is 5.75 Å². The largest absolute Gasteiger partial charge is 0.513 e. The van der Waals surface area contributed by atoms with Crippen molar-refractivity contribution in [1.29, 1.82) is 0 Å². The van der Waals surface area contributed by atoms with Gasteiger partial charge in [0.05, 0.1) is 18.2 Å². The van der Waals surface area contributed by atoms with Gasteiger partial charge < -0.3 is 19.5 Å². The number of ether oxygens (including phenoxy) is 3. The fraction of sp³-hybridized carbons (Fsp3) is 0.400. The van der Waals surface area contributed by atoms with Crippen LogP contribution in [0.25, 0.3) is 5.57 Å². The molecule has 4 rings (SSSR count). The fourth-order valence-electron chi connectivity index (χ4n) is 4.72. The van der Waals surface area contributed by atoms with E-state index < -0.39 is 6.16 Å². The van der Waals surface area contributed by atoms with Gasteiger partial charge in [0.2, 0.25) is 0 Å². The Hall–Kier alpha value is -3.29. The zero-order valence-corrected chi connectivity index (χ0v) is 22.8. The summed E-state index contributed by atoms with van der Waals surface area (Å²) in [7, 11) is 0. The van der Waals surface area contributed by atoms with Crippen molar-refractivity contribution < 1.29 is 23.8 Å². The molecule has 202 valence electrons. The van der Waals surface area contributed by atoms with Crippen molar-refractivity contribution in [2.45, 2.75) is 33.1 Å². The monoisotopic (exact) mass is 538 g/mol. The number of carbonyl (C=O) groups excluding carboxylic acids is 2. The highest BCUT2D eigenvalue weighted by Gasteiger charge is 2.23. The van der Waals surface area contributed by atoms with Crippen LogP contribution in [0.2, 0.25) is 5.02 Å². The van der Waals surface area contributed by atoms with Crippen molar-refractivity contribution in [1.82, 2.24) is 10.2 Å². The summed E-state index contributed by atoms with van der Waals surface area (Å²) >= 11 is 6.10. The molecular formula is C30H35ClN2O5. The van der Waals surface area contributed by atoms with Crippen molar-refractivity contribution in [2.24, 2.45) is 5.92 Å². The second kappa shape index (κ2) is 13.5. The first-order valence-electron chi connectivity index (χ1n) is 13.2. The molecule has 0 aliphatic carbocycles. The van der Waals surface area contributed by atoms with Crippen LogP contribution < -0.4 is 10.1 Å². The molecule has 2 aromatic carbocycles. The number of allylic oxidation sites excluding steroid dienone is 2. The number of halogens is 1. The third kappa shape index (κ3) is 7.39. The maximum atomic E-state index is 12.7.